The third kappa shape index (κ3) is 4.06. The number of thiazole rings is 1. The Kier molecular flexibility index (Phi) is 6.07. The largest absolute Gasteiger partial charge is 0.454 e. The number of likely N-dealkylation sites (N-methyl/N-ethyl adjacent to an activating group) is 1. The number of halogens is 1. The van der Waals surface area contributed by atoms with E-state index in [0.29, 0.717) is 23.0 Å². The average Bonchev–Trinajstić information content (AvgIpc) is 3.24. The van der Waals surface area contributed by atoms with Gasteiger partial charge in [-0.25, -0.2) is 4.98 Å². The fourth-order valence-electron chi connectivity index (χ4n) is 2.94. The van der Waals surface area contributed by atoms with Crippen LogP contribution in [0.5, 0.6) is 11.5 Å². The van der Waals surface area contributed by atoms with E-state index >= 15 is 0 Å². The van der Waals surface area contributed by atoms with Gasteiger partial charge in [0.2, 0.25) is 6.79 Å². The van der Waals surface area contributed by atoms with Gasteiger partial charge >= 0.3 is 0 Å². The van der Waals surface area contributed by atoms with Crippen molar-refractivity contribution in [1.29, 1.82) is 0 Å². The van der Waals surface area contributed by atoms with Gasteiger partial charge in [0.25, 0.3) is 5.91 Å². The van der Waals surface area contributed by atoms with Crippen LogP contribution in [-0.4, -0.2) is 49.8 Å². The van der Waals surface area contributed by atoms with Gasteiger partial charge in [-0.3, -0.25) is 9.69 Å². The molecule has 0 saturated heterocycles. The van der Waals surface area contributed by atoms with Crippen molar-refractivity contribution in [3.63, 3.8) is 0 Å². The third-order valence-corrected chi connectivity index (χ3v) is 5.42. The maximum Gasteiger partial charge on any atom is 0.260 e. The molecule has 3 aromatic rings. The number of rotatable bonds is 5. The van der Waals surface area contributed by atoms with E-state index in [-0.39, 0.29) is 25.1 Å². The maximum atomic E-state index is 13.2. The van der Waals surface area contributed by atoms with Crippen LogP contribution in [0.4, 0.5) is 5.13 Å². The predicted octanol–water partition coefficient (Wildman–Crippen LogP) is 3.96. The van der Waals surface area contributed by atoms with Crippen LogP contribution in [0.25, 0.3) is 10.2 Å². The van der Waals surface area contributed by atoms with E-state index < -0.39 is 0 Å². The number of ether oxygens (including phenoxy) is 2. The van der Waals surface area contributed by atoms with Crippen molar-refractivity contribution in [3.8, 4) is 11.5 Å². The monoisotopic (exact) mass is 419 g/mol. The van der Waals surface area contributed by atoms with E-state index in [1.54, 1.807) is 4.90 Å². The Morgan fingerprint density at radius 1 is 1.14 bits per heavy atom. The number of carbonyl (C=O) groups is 1. The van der Waals surface area contributed by atoms with Gasteiger partial charge in [0, 0.05) is 30.8 Å². The number of amides is 1. The van der Waals surface area contributed by atoms with E-state index in [1.807, 2.05) is 57.4 Å². The third-order valence-electron chi connectivity index (χ3n) is 4.38. The molecule has 0 radical (unpaired) electrons. The lowest BCUT2D eigenvalue weighted by Crippen LogP contribution is -2.36. The molecule has 0 saturated carbocycles. The molecular formula is C20H22ClN3O3S. The van der Waals surface area contributed by atoms with Gasteiger partial charge in [-0.05, 0) is 33.2 Å². The van der Waals surface area contributed by atoms with Crippen LogP contribution < -0.4 is 14.4 Å². The fourth-order valence-corrected chi connectivity index (χ4v) is 3.94. The van der Waals surface area contributed by atoms with Crippen LogP contribution >= 0.6 is 23.7 Å². The molecule has 1 aromatic heterocycles. The first-order valence-electron chi connectivity index (χ1n) is 8.75. The summed E-state index contributed by atoms with van der Waals surface area (Å²) in [5, 5.41) is 0.682. The van der Waals surface area contributed by atoms with Crippen molar-refractivity contribution in [2.45, 2.75) is 6.92 Å². The highest BCUT2D eigenvalue weighted by atomic mass is 35.5. The van der Waals surface area contributed by atoms with Gasteiger partial charge in [-0.2, -0.15) is 0 Å². The molecule has 1 aliphatic rings. The molecule has 0 spiro atoms. The summed E-state index contributed by atoms with van der Waals surface area (Å²) in [5.74, 6) is 1.38. The summed E-state index contributed by atoms with van der Waals surface area (Å²) >= 11 is 1.49. The van der Waals surface area contributed by atoms with Crippen molar-refractivity contribution in [1.82, 2.24) is 9.88 Å². The quantitative estimate of drug-likeness (QED) is 0.626. The molecule has 0 atom stereocenters. The summed E-state index contributed by atoms with van der Waals surface area (Å²) in [6, 6.07) is 11.5. The Morgan fingerprint density at radius 3 is 2.61 bits per heavy atom. The molecule has 0 N–H and O–H groups in total. The minimum absolute atomic E-state index is 0. The van der Waals surface area contributed by atoms with Crippen LogP contribution in [0.15, 0.2) is 36.4 Å². The van der Waals surface area contributed by atoms with E-state index in [9.17, 15) is 4.79 Å². The van der Waals surface area contributed by atoms with Crippen molar-refractivity contribution in [3.05, 3.63) is 47.5 Å². The van der Waals surface area contributed by atoms with Crippen LogP contribution in [0, 0.1) is 6.92 Å². The smallest absolute Gasteiger partial charge is 0.260 e. The van der Waals surface area contributed by atoms with Crippen LogP contribution in [0.3, 0.4) is 0 Å². The van der Waals surface area contributed by atoms with E-state index in [2.05, 4.69) is 4.90 Å². The predicted molar refractivity (Wildman–Crippen MR) is 114 cm³/mol. The molecular weight excluding hydrogens is 398 g/mol. The Morgan fingerprint density at radius 2 is 1.89 bits per heavy atom. The number of benzene rings is 2. The normalized spacial score (nSPS) is 12.3. The Labute approximate surface area is 174 Å². The minimum atomic E-state index is -0.0420. The number of hydrogen-bond donors (Lipinski definition) is 0. The zero-order valence-corrected chi connectivity index (χ0v) is 17.6. The zero-order chi connectivity index (χ0) is 19.0. The first-order valence-corrected chi connectivity index (χ1v) is 9.56. The molecule has 8 heteroatoms. The molecule has 1 amide bonds. The van der Waals surface area contributed by atoms with Crippen molar-refractivity contribution >= 4 is 45.0 Å². The first-order chi connectivity index (χ1) is 13.0. The molecule has 0 aliphatic carbocycles. The second-order valence-electron chi connectivity index (χ2n) is 6.80. The summed E-state index contributed by atoms with van der Waals surface area (Å²) in [5.41, 5.74) is 2.54. The second-order valence-corrected chi connectivity index (χ2v) is 7.81. The number of fused-ring (bicyclic) bond motifs is 2. The second kappa shape index (κ2) is 8.34. The van der Waals surface area contributed by atoms with Gasteiger partial charge in [-0.1, -0.05) is 29.0 Å². The van der Waals surface area contributed by atoms with Crippen molar-refractivity contribution in [2.75, 3.05) is 38.9 Å². The van der Waals surface area contributed by atoms with Gasteiger partial charge in [0.15, 0.2) is 16.6 Å². The molecule has 1 aliphatic heterocycles. The highest BCUT2D eigenvalue weighted by Gasteiger charge is 2.23. The lowest BCUT2D eigenvalue weighted by atomic mass is 10.1. The number of anilines is 1. The number of aromatic nitrogens is 1. The van der Waals surface area contributed by atoms with Crippen molar-refractivity contribution < 1.29 is 14.3 Å². The molecule has 0 bridgehead atoms. The Balaban J connectivity index is 0.00000225. The Bertz CT molecular complexity index is 965. The summed E-state index contributed by atoms with van der Waals surface area (Å²) in [4.78, 5) is 21.7. The van der Waals surface area contributed by atoms with Gasteiger partial charge in [0.05, 0.1) is 10.2 Å². The molecule has 6 nitrogen and oxygen atoms in total. The van der Waals surface area contributed by atoms with Crippen LogP contribution in [-0.2, 0) is 0 Å². The van der Waals surface area contributed by atoms with E-state index in [4.69, 9.17) is 14.5 Å². The standard InChI is InChI=1S/C20H21N3O3S.ClH/c1-13-5-4-6-14(9-13)19(24)23(8-7-22(2)3)20-21-15-10-16-17(26-12-25-16)11-18(15)27-20;/h4-6,9-11H,7-8,12H2,1-3H3;1H. The first kappa shape index (κ1) is 20.4. The summed E-state index contributed by atoms with van der Waals surface area (Å²) in [6.45, 7) is 3.53. The molecule has 0 fully saturated rings. The number of hydrogen-bond acceptors (Lipinski definition) is 6. The highest BCUT2D eigenvalue weighted by molar-refractivity contribution is 7.22. The summed E-state index contributed by atoms with van der Waals surface area (Å²) < 4.78 is 11.9. The van der Waals surface area contributed by atoms with E-state index in [1.165, 1.54) is 11.3 Å². The summed E-state index contributed by atoms with van der Waals surface area (Å²) in [7, 11) is 3.99. The Hall–Kier alpha value is -2.35. The number of aryl methyl sites for hydroxylation is 1. The topological polar surface area (TPSA) is 54.9 Å². The van der Waals surface area contributed by atoms with Crippen LogP contribution in [0.1, 0.15) is 15.9 Å². The molecule has 2 aromatic carbocycles. The zero-order valence-electron chi connectivity index (χ0n) is 16.0. The van der Waals surface area contributed by atoms with Crippen LogP contribution in [0.2, 0.25) is 0 Å². The minimum Gasteiger partial charge on any atom is -0.454 e. The summed E-state index contributed by atoms with van der Waals surface area (Å²) in [6.07, 6.45) is 0. The molecule has 148 valence electrons. The van der Waals surface area contributed by atoms with Crippen molar-refractivity contribution in [2.24, 2.45) is 0 Å². The molecule has 28 heavy (non-hydrogen) atoms. The lowest BCUT2D eigenvalue weighted by molar-refractivity contribution is 0.0985. The van der Waals surface area contributed by atoms with Gasteiger partial charge in [-0.15, -0.1) is 12.4 Å². The highest BCUT2D eigenvalue weighted by Crippen LogP contribution is 2.40. The molecule has 4 rings (SSSR count). The lowest BCUT2D eigenvalue weighted by Gasteiger charge is -2.22. The van der Waals surface area contributed by atoms with E-state index in [0.717, 1.165) is 28.1 Å². The average molecular weight is 420 g/mol. The maximum absolute atomic E-state index is 13.2. The SMILES string of the molecule is Cc1cccc(C(=O)N(CCN(C)C)c2nc3cc4c(cc3s2)OCO4)c1.Cl. The fraction of sp³-hybridized carbons (Fsp3) is 0.300. The number of carbonyl (C=O) groups excluding carboxylic acids is 1. The molecule has 0 unspecified atom stereocenters. The van der Waals surface area contributed by atoms with Gasteiger partial charge < -0.3 is 14.4 Å². The van der Waals surface area contributed by atoms with Gasteiger partial charge in [0.1, 0.15) is 0 Å². The molecule has 2 heterocycles. The number of nitrogens with zero attached hydrogens (tertiary/aromatic N) is 3.